The first-order valence-corrected chi connectivity index (χ1v) is 5.63. The summed E-state index contributed by atoms with van der Waals surface area (Å²) in [5.74, 6) is -0.251. The summed E-state index contributed by atoms with van der Waals surface area (Å²) in [6.45, 7) is 0.683. The van der Waals surface area contributed by atoms with Crippen molar-refractivity contribution in [2.45, 2.75) is 0 Å². The van der Waals surface area contributed by atoms with Crippen molar-refractivity contribution in [1.29, 1.82) is 0 Å². The molecule has 0 radical (unpaired) electrons. The van der Waals surface area contributed by atoms with Gasteiger partial charge in [0.25, 0.3) is 0 Å². The molecular formula is C9H8BrFN2S. The van der Waals surface area contributed by atoms with E-state index in [9.17, 15) is 4.39 Å². The van der Waals surface area contributed by atoms with Crippen molar-refractivity contribution < 1.29 is 4.39 Å². The number of nitrogens with zero attached hydrogens (tertiary/aromatic N) is 1. The molecule has 0 amide bonds. The highest BCUT2D eigenvalue weighted by atomic mass is 79.9. The van der Waals surface area contributed by atoms with Crippen LogP contribution in [0.2, 0.25) is 0 Å². The molecule has 1 aliphatic rings. The van der Waals surface area contributed by atoms with Gasteiger partial charge in [0.05, 0.1) is 11.0 Å². The van der Waals surface area contributed by atoms with Gasteiger partial charge in [-0.3, -0.25) is 0 Å². The third-order valence-electron chi connectivity index (χ3n) is 1.85. The normalized spacial score (nSPS) is 15.9. The van der Waals surface area contributed by atoms with Crippen molar-refractivity contribution >= 4 is 33.6 Å². The van der Waals surface area contributed by atoms with Gasteiger partial charge in [-0.15, -0.1) is 0 Å². The summed E-state index contributed by atoms with van der Waals surface area (Å²) in [4.78, 5) is 0. The lowest BCUT2D eigenvalue weighted by Gasteiger charge is -2.16. The minimum Gasteiger partial charge on any atom is -0.400 e. The van der Waals surface area contributed by atoms with Crippen molar-refractivity contribution in [2.24, 2.45) is 5.73 Å². The van der Waals surface area contributed by atoms with Crippen molar-refractivity contribution in [1.82, 2.24) is 0 Å². The number of halogens is 2. The molecule has 14 heavy (non-hydrogen) atoms. The van der Waals surface area contributed by atoms with E-state index in [0.29, 0.717) is 11.0 Å². The highest BCUT2D eigenvalue weighted by Gasteiger charge is 2.14. The minimum absolute atomic E-state index is 0.251. The fourth-order valence-electron chi connectivity index (χ4n) is 1.16. The first-order chi connectivity index (χ1) is 6.66. The van der Waals surface area contributed by atoms with Crippen molar-refractivity contribution in [2.75, 3.05) is 10.8 Å². The number of hydrogen-bond acceptors (Lipinski definition) is 3. The van der Waals surface area contributed by atoms with E-state index in [1.165, 1.54) is 18.0 Å². The van der Waals surface area contributed by atoms with Crippen LogP contribution < -0.4 is 10.0 Å². The standard InChI is InChI=1S/C9H8BrFN2S/c10-8-3-7(1-2-9(8)11)13-4-6(12)5-14-13/h1-3,5H,4,12H2. The molecule has 2 rings (SSSR count). The van der Waals surface area contributed by atoms with Crippen LogP contribution in [0.1, 0.15) is 0 Å². The molecule has 5 heteroatoms. The average molecular weight is 275 g/mol. The average Bonchev–Trinajstić information content (AvgIpc) is 2.57. The largest absolute Gasteiger partial charge is 0.400 e. The van der Waals surface area contributed by atoms with E-state index in [0.717, 1.165) is 11.4 Å². The van der Waals surface area contributed by atoms with Gasteiger partial charge < -0.3 is 10.0 Å². The second kappa shape index (κ2) is 3.82. The highest BCUT2D eigenvalue weighted by molar-refractivity contribution is 9.10. The van der Waals surface area contributed by atoms with Crippen LogP contribution in [0.25, 0.3) is 0 Å². The van der Waals surface area contributed by atoms with Crippen LogP contribution in [0, 0.1) is 5.82 Å². The van der Waals surface area contributed by atoms with Crippen LogP contribution in [-0.4, -0.2) is 6.54 Å². The molecule has 0 saturated carbocycles. The van der Waals surface area contributed by atoms with Gasteiger partial charge >= 0.3 is 0 Å². The third-order valence-corrected chi connectivity index (χ3v) is 3.46. The Morgan fingerprint density at radius 2 is 2.29 bits per heavy atom. The van der Waals surface area contributed by atoms with Gasteiger partial charge in [-0.05, 0) is 46.1 Å². The van der Waals surface area contributed by atoms with Gasteiger partial charge in [0.2, 0.25) is 0 Å². The lowest BCUT2D eigenvalue weighted by molar-refractivity contribution is 0.621. The maximum absolute atomic E-state index is 13.0. The molecule has 0 aromatic heterocycles. The fourth-order valence-corrected chi connectivity index (χ4v) is 2.33. The van der Waals surface area contributed by atoms with Gasteiger partial charge in [-0.25, -0.2) is 4.39 Å². The van der Waals surface area contributed by atoms with Crippen LogP contribution in [0.3, 0.4) is 0 Å². The molecule has 0 atom stereocenters. The summed E-state index contributed by atoms with van der Waals surface area (Å²) in [5.41, 5.74) is 7.42. The maximum Gasteiger partial charge on any atom is 0.137 e. The lowest BCUT2D eigenvalue weighted by atomic mass is 10.3. The lowest BCUT2D eigenvalue weighted by Crippen LogP contribution is -2.15. The molecule has 0 bridgehead atoms. The molecule has 1 aliphatic heterocycles. The number of rotatable bonds is 1. The zero-order valence-corrected chi connectivity index (χ0v) is 9.61. The molecule has 74 valence electrons. The topological polar surface area (TPSA) is 29.3 Å². The summed E-state index contributed by atoms with van der Waals surface area (Å²) < 4.78 is 15.4. The van der Waals surface area contributed by atoms with Crippen LogP contribution >= 0.6 is 27.9 Å². The zero-order chi connectivity index (χ0) is 10.1. The van der Waals surface area contributed by atoms with E-state index < -0.39 is 0 Å². The fraction of sp³-hybridized carbons (Fsp3) is 0.111. The number of nitrogens with two attached hydrogens (primary N) is 1. The summed E-state index contributed by atoms with van der Waals surface area (Å²) in [7, 11) is 0. The van der Waals surface area contributed by atoms with E-state index >= 15 is 0 Å². The summed E-state index contributed by atoms with van der Waals surface area (Å²) >= 11 is 4.67. The summed E-state index contributed by atoms with van der Waals surface area (Å²) in [6.07, 6.45) is 0. The minimum atomic E-state index is -0.251. The number of anilines is 1. The van der Waals surface area contributed by atoms with Crippen molar-refractivity contribution in [3.8, 4) is 0 Å². The monoisotopic (exact) mass is 274 g/mol. The Morgan fingerprint density at radius 1 is 1.50 bits per heavy atom. The van der Waals surface area contributed by atoms with Crippen LogP contribution in [0.15, 0.2) is 33.8 Å². The third kappa shape index (κ3) is 1.88. The first-order valence-electron chi connectivity index (χ1n) is 4.01. The summed E-state index contributed by atoms with van der Waals surface area (Å²) in [5, 5.41) is 1.89. The second-order valence-corrected chi connectivity index (χ2v) is 4.67. The van der Waals surface area contributed by atoms with Gasteiger partial charge in [0.15, 0.2) is 0 Å². The molecule has 1 aromatic rings. The first kappa shape index (κ1) is 9.86. The molecule has 2 nitrogen and oxygen atoms in total. The summed E-state index contributed by atoms with van der Waals surface area (Å²) in [6, 6.07) is 4.92. The smallest absolute Gasteiger partial charge is 0.137 e. The zero-order valence-electron chi connectivity index (χ0n) is 7.21. The van der Waals surface area contributed by atoms with E-state index in [2.05, 4.69) is 15.9 Å². The van der Waals surface area contributed by atoms with Crippen LogP contribution in [-0.2, 0) is 0 Å². The molecule has 0 fully saturated rings. The molecule has 0 aliphatic carbocycles. The number of benzene rings is 1. The Bertz CT molecular complexity index is 394. The van der Waals surface area contributed by atoms with Gasteiger partial charge in [0, 0.05) is 16.8 Å². The highest BCUT2D eigenvalue weighted by Crippen LogP contribution is 2.31. The van der Waals surface area contributed by atoms with E-state index in [1.807, 2.05) is 9.71 Å². The quantitative estimate of drug-likeness (QED) is 0.799. The molecule has 0 unspecified atom stereocenters. The number of hydrogen-bond donors (Lipinski definition) is 1. The van der Waals surface area contributed by atoms with Gasteiger partial charge in [0.1, 0.15) is 5.82 Å². The van der Waals surface area contributed by atoms with E-state index in [1.54, 1.807) is 12.1 Å². The van der Waals surface area contributed by atoms with Crippen LogP contribution in [0.5, 0.6) is 0 Å². The van der Waals surface area contributed by atoms with E-state index in [-0.39, 0.29) is 5.82 Å². The molecule has 1 aromatic carbocycles. The maximum atomic E-state index is 13.0. The Kier molecular flexibility index (Phi) is 2.69. The molecule has 0 spiro atoms. The van der Waals surface area contributed by atoms with E-state index in [4.69, 9.17) is 5.73 Å². The molecule has 0 saturated heterocycles. The van der Waals surface area contributed by atoms with Crippen LogP contribution in [0.4, 0.5) is 10.1 Å². The van der Waals surface area contributed by atoms with Gasteiger partial charge in [-0.1, -0.05) is 0 Å². The Balaban J connectivity index is 2.22. The SMILES string of the molecule is NC1=CSN(c2ccc(F)c(Br)c2)C1. The van der Waals surface area contributed by atoms with Crippen molar-refractivity contribution in [3.05, 3.63) is 39.6 Å². The molecule has 1 heterocycles. The second-order valence-electron chi connectivity index (χ2n) is 2.93. The molecule has 2 N–H and O–H groups in total. The Labute approximate surface area is 94.2 Å². The predicted molar refractivity (Wildman–Crippen MR) is 61.3 cm³/mol. The van der Waals surface area contributed by atoms with Crippen molar-refractivity contribution in [3.63, 3.8) is 0 Å². The Hall–Kier alpha value is -0.680. The Morgan fingerprint density at radius 3 is 2.86 bits per heavy atom. The molecular weight excluding hydrogens is 267 g/mol. The van der Waals surface area contributed by atoms with Gasteiger partial charge in [-0.2, -0.15) is 0 Å². The predicted octanol–water partition coefficient (Wildman–Crippen LogP) is 2.86.